The van der Waals surface area contributed by atoms with Gasteiger partial charge in [-0.05, 0) is 66.4 Å². The first-order valence-corrected chi connectivity index (χ1v) is 18.6. The highest BCUT2D eigenvalue weighted by atomic mass is 35.5. The third-order valence-corrected chi connectivity index (χ3v) is 11.1. The Balaban J connectivity index is 1.59. The number of carbonyl (C=O) groups excluding carboxylic acids is 2. The van der Waals surface area contributed by atoms with Crippen molar-refractivity contribution >= 4 is 73.9 Å². The van der Waals surface area contributed by atoms with Gasteiger partial charge in [-0.25, -0.2) is 8.42 Å². The van der Waals surface area contributed by atoms with Crippen molar-refractivity contribution in [3.05, 3.63) is 128 Å². The van der Waals surface area contributed by atoms with Crippen LogP contribution in [0.4, 0.5) is 5.69 Å². The van der Waals surface area contributed by atoms with Gasteiger partial charge in [0.25, 0.3) is 10.0 Å². The predicted octanol–water partition coefficient (Wildman–Crippen LogP) is 8.58. The van der Waals surface area contributed by atoms with E-state index in [1.54, 1.807) is 36.4 Å². The molecule has 1 N–H and O–H groups in total. The van der Waals surface area contributed by atoms with Gasteiger partial charge in [0.15, 0.2) is 0 Å². The topological polar surface area (TPSA) is 86.8 Å². The van der Waals surface area contributed by atoms with E-state index in [1.807, 2.05) is 30.3 Å². The Morgan fingerprint density at radius 2 is 1.40 bits per heavy atom. The van der Waals surface area contributed by atoms with Crippen molar-refractivity contribution in [2.24, 2.45) is 0 Å². The van der Waals surface area contributed by atoms with Gasteiger partial charge in [0.2, 0.25) is 11.8 Å². The van der Waals surface area contributed by atoms with Crippen LogP contribution in [0.1, 0.15) is 43.2 Å². The average molecular weight is 748 g/mol. The molecular formula is C36H35Cl4N3O4S. The van der Waals surface area contributed by atoms with Crippen molar-refractivity contribution in [1.29, 1.82) is 0 Å². The average Bonchev–Trinajstić information content (AvgIpc) is 3.06. The molecule has 4 aromatic rings. The molecule has 0 spiro atoms. The van der Waals surface area contributed by atoms with Crippen LogP contribution in [0.3, 0.4) is 0 Å². The summed E-state index contributed by atoms with van der Waals surface area (Å²) in [5.74, 6) is -0.955. The van der Waals surface area contributed by atoms with Gasteiger partial charge in [-0.2, -0.15) is 0 Å². The largest absolute Gasteiger partial charge is 0.352 e. The predicted molar refractivity (Wildman–Crippen MR) is 193 cm³/mol. The molecule has 1 fully saturated rings. The maximum atomic E-state index is 14.7. The lowest BCUT2D eigenvalue weighted by Gasteiger charge is -2.35. The van der Waals surface area contributed by atoms with Gasteiger partial charge < -0.3 is 10.2 Å². The quantitative estimate of drug-likeness (QED) is 0.157. The van der Waals surface area contributed by atoms with Crippen molar-refractivity contribution < 1.29 is 18.0 Å². The molecule has 0 aromatic heterocycles. The number of hydrogen-bond donors (Lipinski definition) is 1. The SMILES string of the molecule is O=C(NC1CCCCC1)[C@@H](Cc1ccccc1)N(Cc1ccc(Cl)cc1Cl)C(=O)CN(c1cc(Cl)cc(Cl)c1)S(=O)(=O)c1ccccc1. The standard InChI is InChI=1S/C36H35Cl4N3O4S/c37-27-17-16-26(33(40)22-27)23-42(34(18-25-10-4-1-5-11-25)36(45)41-30-12-6-2-7-13-30)35(44)24-43(31-20-28(38)19-29(39)21-31)48(46,47)32-14-8-3-9-15-32/h1,3-5,8-11,14-17,19-22,30,34H,2,6-7,12-13,18,23-24H2,(H,41,45)/t34-/m1/s1. The Labute approximate surface area is 301 Å². The summed E-state index contributed by atoms with van der Waals surface area (Å²) in [6.07, 6.45) is 5.00. The van der Waals surface area contributed by atoms with E-state index in [9.17, 15) is 18.0 Å². The van der Waals surface area contributed by atoms with Gasteiger partial charge >= 0.3 is 0 Å². The molecule has 252 valence electrons. The van der Waals surface area contributed by atoms with Crippen LogP contribution in [0.25, 0.3) is 0 Å². The van der Waals surface area contributed by atoms with Crippen molar-refractivity contribution in [2.75, 3.05) is 10.8 Å². The van der Waals surface area contributed by atoms with E-state index >= 15 is 0 Å². The van der Waals surface area contributed by atoms with Crippen LogP contribution in [0, 0.1) is 0 Å². The monoisotopic (exact) mass is 745 g/mol. The van der Waals surface area contributed by atoms with Crippen molar-refractivity contribution in [1.82, 2.24) is 10.2 Å². The maximum Gasteiger partial charge on any atom is 0.264 e. The number of sulfonamides is 1. The van der Waals surface area contributed by atoms with Gasteiger partial charge in [-0.3, -0.25) is 13.9 Å². The summed E-state index contributed by atoms with van der Waals surface area (Å²) in [5.41, 5.74) is 1.47. The van der Waals surface area contributed by atoms with Crippen molar-refractivity contribution in [3.8, 4) is 0 Å². The molecule has 0 heterocycles. The van der Waals surface area contributed by atoms with Gasteiger partial charge in [0.1, 0.15) is 12.6 Å². The fourth-order valence-electron chi connectivity index (χ4n) is 5.86. The second-order valence-electron chi connectivity index (χ2n) is 11.8. The zero-order chi connectivity index (χ0) is 34.3. The molecule has 1 aliphatic rings. The fraction of sp³-hybridized carbons (Fsp3) is 0.278. The lowest BCUT2D eigenvalue weighted by atomic mass is 9.94. The van der Waals surface area contributed by atoms with E-state index in [1.165, 1.54) is 35.2 Å². The molecule has 1 atom stereocenters. The van der Waals surface area contributed by atoms with Crippen LogP contribution >= 0.6 is 46.4 Å². The Morgan fingerprint density at radius 1 is 0.771 bits per heavy atom. The highest BCUT2D eigenvalue weighted by molar-refractivity contribution is 7.92. The smallest absolute Gasteiger partial charge is 0.264 e. The minimum absolute atomic E-state index is 0.0239. The Kier molecular flexibility index (Phi) is 12.3. The Hall–Kier alpha value is -3.27. The molecule has 1 aliphatic carbocycles. The molecule has 2 amide bonds. The van der Waals surface area contributed by atoms with Crippen LogP contribution in [-0.4, -0.2) is 43.8 Å². The number of benzene rings is 4. The van der Waals surface area contributed by atoms with E-state index in [4.69, 9.17) is 46.4 Å². The van der Waals surface area contributed by atoms with E-state index in [0.717, 1.165) is 42.0 Å². The number of nitrogens with zero attached hydrogens (tertiary/aromatic N) is 2. The number of carbonyl (C=O) groups is 2. The zero-order valence-electron chi connectivity index (χ0n) is 26.0. The molecule has 0 saturated heterocycles. The van der Waals surface area contributed by atoms with E-state index in [-0.39, 0.29) is 45.5 Å². The molecule has 48 heavy (non-hydrogen) atoms. The summed E-state index contributed by atoms with van der Waals surface area (Å²) in [4.78, 5) is 30.3. The minimum atomic E-state index is -4.31. The van der Waals surface area contributed by atoms with Crippen LogP contribution < -0.4 is 9.62 Å². The number of anilines is 1. The molecule has 4 aromatic carbocycles. The van der Waals surface area contributed by atoms with Gasteiger partial charge in [-0.15, -0.1) is 0 Å². The summed E-state index contributed by atoms with van der Waals surface area (Å²) in [7, 11) is -4.31. The molecule has 0 bridgehead atoms. The first-order valence-electron chi connectivity index (χ1n) is 15.6. The van der Waals surface area contributed by atoms with Crippen molar-refractivity contribution in [3.63, 3.8) is 0 Å². The third-order valence-electron chi connectivity index (χ3n) is 8.32. The first kappa shape index (κ1) is 36.0. The summed E-state index contributed by atoms with van der Waals surface area (Å²) >= 11 is 25.4. The second kappa shape index (κ2) is 16.4. The normalized spacial score (nSPS) is 14.2. The van der Waals surface area contributed by atoms with Crippen LogP contribution in [0.5, 0.6) is 0 Å². The summed E-state index contributed by atoms with van der Waals surface area (Å²) < 4.78 is 29.3. The zero-order valence-corrected chi connectivity index (χ0v) is 29.8. The minimum Gasteiger partial charge on any atom is -0.352 e. The van der Waals surface area contributed by atoms with E-state index < -0.39 is 28.5 Å². The number of halogens is 4. The molecular weight excluding hydrogens is 712 g/mol. The molecule has 0 aliphatic heterocycles. The second-order valence-corrected chi connectivity index (χ2v) is 15.3. The molecule has 12 heteroatoms. The highest BCUT2D eigenvalue weighted by Gasteiger charge is 2.36. The number of rotatable bonds is 12. The highest BCUT2D eigenvalue weighted by Crippen LogP contribution is 2.31. The summed E-state index contributed by atoms with van der Waals surface area (Å²) in [6.45, 7) is -0.735. The summed E-state index contributed by atoms with van der Waals surface area (Å²) in [6, 6.07) is 25.4. The molecule has 5 rings (SSSR count). The fourth-order valence-corrected chi connectivity index (χ4v) is 8.27. The van der Waals surface area contributed by atoms with Gasteiger partial charge in [0, 0.05) is 39.1 Å². The molecule has 1 saturated carbocycles. The third kappa shape index (κ3) is 9.24. The lowest BCUT2D eigenvalue weighted by Crippen LogP contribution is -2.55. The Bertz CT molecular complexity index is 1820. The lowest BCUT2D eigenvalue weighted by molar-refractivity contribution is -0.140. The van der Waals surface area contributed by atoms with Gasteiger partial charge in [-0.1, -0.05) is 120 Å². The van der Waals surface area contributed by atoms with Crippen molar-refractivity contribution in [2.45, 2.75) is 62.0 Å². The van der Waals surface area contributed by atoms with E-state index in [0.29, 0.717) is 15.6 Å². The van der Waals surface area contributed by atoms with Crippen LogP contribution in [-0.2, 0) is 32.6 Å². The Morgan fingerprint density at radius 3 is 2.02 bits per heavy atom. The van der Waals surface area contributed by atoms with Crippen LogP contribution in [0.15, 0.2) is 102 Å². The van der Waals surface area contributed by atoms with E-state index in [2.05, 4.69) is 5.32 Å². The number of hydrogen-bond acceptors (Lipinski definition) is 4. The number of amides is 2. The first-order chi connectivity index (χ1) is 23.0. The van der Waals surface area contributed by atoms with Crippen LogP contribution in [0.2, 0.25) is 20.1 Å². The molecule has 0 radical (unpaired) electrons. The van der Waals surface area contributed by atoms with Gasteiger partial charge in [0.05, 0.1) is 10.6 Å². The molecule has 7 nitrogen and oxygen atoms in total. The molecule has 0 unspecified atom stereocenters. The number of nitrogens with one attached hydrogen (secondary N) is 1. The summed E-state index contributed by atoms with van der Waals surface area (Å²) in [5, 5.41) is 4.29. The maximum absolute atomic E-state index is 14.7.